The maximum atomic E-state index is 11.8. The molecule has 0 spiro atoms. The summed E-state index contributed by atoms with van der Waals surface area (Å²) in [6.45, 7) is 8.69. The number of carbonyl (C=O) groups is 2. The first kappa shape index (κ1) is 16.4. The van der Waals surface area contributed by atoms with Crippen molar-refractivity contribution in [2.45, 2.75) is 20.8 Å². The van der Waals surface area contributed by atoms with E-state index in [1.165, 1.54) is 6.07 Å². The second-order valence-corrected chi connectivity index (χ2v) is 5.34. The predicted molar refractivity (Wildman–Crippen MR) is 73.8 cm³/mol. The molecule has 7 nitrogen and oxygen atoms in total. The van der Waals surface area contributed by atoms with Gasteiger partial charge < -0.3 is 9.84 Å². The lowest BCUT2D eigenvalue weighted by molar-refractivity contribution is -0.385. The molecular weight excluding hydrogens is 278 g/mol. The number of carbonyl (C=O) groups excluding carboxylic acids is 2. The van der Waals surface area contributed by atoms with E-state index in [2.05, 4.69) is 11.3 Å². The molecule has 7 heteroatoms. The van der Waals surface area contributed by atoms with Crippen molar-refractivity contribution in [1.29, 1.82) is 0 Å². The largest absolute Gasteiger partial charge is 0.501 e. The SMILES string of the molecule is C=C(C(=O)OC(=O)c1cccc([N+](=O)[O-])c1O)C(C)(C)C. The van der Waals surface area contributed by atoms with Crippen LogP contribution in [-0.4, -0.2) is 22.0 Å². The van der Waals surface area contributed by atoms with Gasteiger partial charge in [-0.3, -0.25) is 10.1 Å². The fraction of sp³-hybridized carbons (Fsp3) is 0.286. The molecule has 0 saturated heterocycles. The Kier molecular flexibility index (Phi) is 4.47. The van der Waals surface area contributed by atoms with E-state index in [1.807, 2.05) is 0 Å². The van der Waals surface area contributed by atoms with Crippen molar-refractivity contribution in [3.63, 3.8) is 0 Å². The Balaban J connectivity index is 3.01. The van der Waals surface area contributed by atoms with Crippen molar-refractivity contribution >= 4 is 17.6 Å². The number of hydrogen-bond donors (Lipinski definition) is 1. The molecule has 0 aliphatic heterocycles. The quantitative estimate of drug-likeness (QED) is 0.302. The fourth-order valence-corrected chi connectivity index (χ4v) is 1.35. The lowest BCUT2D eigenvalue weighted by Crippen LogP contribution is -2.22. The number of rotatable bonds is 3. The molecule has 112 valence electrons. The molecule has 0 amide bonds. The van der Waals surface area contributed by atoms with Gasteiger partial charge in [0.15, 0.2) is 0 Å². The Bertz CT molecular complexity index is 627. The standard InChI is InChI=1S/C14H15NO6/c1-8(14(2,3)4)12(17)21-13(18)9-6-5-7-10(11(9)16)15(19)20/h5-7,16H,1H2,2-4H3. The van der Waals surface area contributed by atoms with Gasteiger partial charge in [-0.05, 0) is 11.5 Å². The van der Waals surface area contributed by atoms with Gasteiger partial charge in [-0.2, -0.15) is 0 Å². The number of ether oxygens (including phenoxy) is 1. The molecule has 1 rings (SSSR count). The summed E-state index contributed by atoms with van der Waals surface area (Å²) >= 11 is 0. The maximum absolute atomic E-state index is 11.8. The molecule has 0 radical (unpaired) electrons. The van der Waals surface area contributed by atoms with E-state index in [0.29, 0.717) is 0 Å². The first-order chi connectivity index (χ1) is 9.55. The number of hydrogen-bond acceptors (Lipinski definition) is 6. The molecule has 0 aliphatic carbocycles. The fourth-order valence-electron chi connectivity index (χ4n) is 1.35. The molecule has 0 atom stereocenters. The van der Waals surface area contributed by atoms with Crippen LogP contribution < -0.4 is 0 Å². The number of nitro benzene ring substituents is 1. The van der Waals surface area contributed by atoms with Gasteiger partial charge in [0, 0.05) is 11.6 Å². The number of nitrogens with zero attached hydrogens (tertiary/aromatic N) is 1. The van der Waals surface area contributed by atoms with Crippen molar-refractivity contribution in [3.8, 4) is 5.75 Å². The third kappa shape index (κ3) is 3.65. The highest BCUT2D eigenvalue weighted by atomic mass is 16.6. The van der Waals surface area contributed by atoms with Gasteiger partial charge in [-0.1, -0.05) is 33.4 Å². The Morgan fingerprint density at radius 2 is 1.90 bits per heavy atom. The molecule has 0 unspecified atom stereocenters. The summed E-state index contributed by atoms with van der Waals surface area (Å²) in [5.41, 5.74) is -1.63. The zero-order valence-corrected chi connectivity index (χ0v) is 11.9. The van der Waals surface area contributed by atoms with Crippen molar-refractivity contribution in [2.75, 3.05) is 0 Å². The van der Waals surface area contributed by atoms with Gasteiger partial charge in [-0.15, -0.1) is 0 Å². The van der Waals surface area contributed by atoms with Gasteiger partial charge in [0.25, 0.3) is 0 Å². The van der Waals surface area contributed by atoms with E-state index < -0.39 is 39.3 Å². The van der Waals surface area contributed by atoms with Crippen LogP contribution in [-0.2, 0) is 9.53 Å². The first-order valence-corrected chi connectivity index (χ1v) is 5.98. The zero-order valence-electron chi connectivity index (χ0n) is 11.9. The van der Waals surface area contributed by atoms with Crippen LogP contribution in [0, 0.1) is 15.5 Å². The third-order valence-corrected chi connectivity index (χ3v) is 2.77. The minimum absolute atomic E-state index is 0.0702. The third-order valence-electron chi connectivity index (χ3n) is 2.77. The summed E-state index contributed by atoms with van der Waals surface area (Å²) < 4.78 is 4.58. The predicted octanol–water partition coefficient (Wildman–Crippen LogP) is 2.59. The first-order valence-electron chi connectivity index (χ1n) is 5.98. The lowest BCUT2D eigenvalue weighted by atomic mass is 9.88. The van der Waals surface area contributed by atoms with Crippen LogP contribution in [0.2, 0.25) is 0 Å². The minimum atomic E-state index is -1.17. The number of phenols is 1. The van der Waals surface area contributed by atoms with E-state index in [4.69, 9.17) is 0 Å². The Labute approximate surface area is 121 Å². The van der Waals surface area contributed by atoms with Crippen LogP contribution in [0.1, 0.15) is 31.1 Å². The molecule has 1 N–H and O–H groups in total. The van der Waals surface area contributed by atoms with Crippen LogP contribution in [0.25, 0.3) is 0 Å². The zero-order chi connectivity index (χ0) is 16.4. The smallest absolute Gasteiger partial charge is 0.350 e. The van der Waals surface area contributed by atoms with E-state index >= 15 is 0 Å². The molecule has 21 heavy (non-hydrogen) atoms. The number of esters is 2. The van der Waals surface area contributed by atoms with Crippen LogP contribution in [0.4, 0.5) is 5.69 Å². The Hall–Kier alpha value is -2.70. The van der Waals surface area contributed by atoms with Gasteiger partial charge in [0.2, 0.25) is 5.75 Å². The van der Waals surface area contributed by atoms with E-state index in [-0.39, 0.29) is 5.57 Å². The summed E-state index contributed by atoms with van der Waals surface area (Å²) in [4.78, 5) is 33.4. The number of benzene rings is 1. The number of para-hydroxylation sites is 1. The maximum Gasteiger partial charge on any atom is 0.350 e. The normalized spacial score (nSPS) is 10.8. The minimum Gasteiger partial charge on any atom is -0.501 e. The second-order valence-electron chi connectivity index (χ2n) is 5.34. The monoisotopic (exact) mass is 293 g/mol. The van der Waals surface area contributed by atoms with Crippen molar-refractivity contribution in [3.05, 3.63) is 46.0 Å². The van der Waals surface area contributed by atoms with Gasteiger partial charge in [0.1, 0.15) is 5.56 Å². The molecule has 0 aromatic heterocycles. The van der Waals surface area contributed by atoms with Crippen LogP contribution in [0.3, 0.4) is 0 Å². The van der Waals surface area contributed by atoms with E-state index in [9.17, 15) is 24.8 Å². The molecule has 0 fully saturated rings. The molecule has 1 aromatic rings. The van der Waals surface area contributed by atoms with Crippen LogP contribution in [0.15, 0.2) is 30.4 Å². The summed E-state index contributed by atoms with van der Waals surface area (Å²) in [6, 6.07) is 3.36. The highest BCUT2D eigenvalue weighted by Gasteiger charge is 2.28. The molecule has 0 bridgehead atoms. The highest BCUT2D eigenvalue weighted by Crippen LogP contribution is 2.30. The number of phenolic OH excluding ortho intramolecular Hbond substituents is 1. The average Bonchev–Trinajstić information content (AvgIpc) is 2.36. The summed E-state index contributed by atoms with van der Waals surface area (Å²) in [6.07, 6.45) is 0. The van der Waals surface area contributed by atoms with Crippen molar-refractivity contribution in [2.24, 2.45) is 5.41 Å². The number of aromatic hydroxyl groups is 1. The lowest BCUT2D eigenvalue weighted by Gasteiger charge is -2.19. The highest BCUT2D eigenvalue weighted by molar-refractivity contribution is 6.04. The molecule has 0 aliphatic rings. The van der Waals surface area contributed by atoms with E-state index in [0.717, 1.165) is 12.1 Å². The Morgan fingerprint density at radius 1 is 1.33 bits per heavy atom. The van der Waals surface area contributed by atoms with Gasteiger partial charge >= 0.3 is 17.6 Å². The van der Waals surface area contributed by atoms with Crippen molar-refractivity contribution < 1.29 is 24.4 Å². The average molecular weight is 293 g/mol. The van der Waals surface area contributed by atoms with Gasteiger partial charge in [-0.25, -0.2) is 9.59 Å². The summed E-state index contributed by atoms with van der Waals surface area (Å²) in [5, 5.41) is 20.3. The number of nitro groups is 1. The van der Waals surface area contributed by atoms with Crippen molar-refractivity contribution in [1.82, 2.24) is 0 Å². The second kappa shape index (κ2) is 5.74. The van der Waals surface area contributed by atoms with Crippen LogP contribution >= 0.6 is 0 Å². The molecular formula is C14H15NO6. The topological polar surface area (TPSA) is 107 Å². The Morgan fingerprint density at radius 3 is 2.38 bits per heavy atom. The van der Waals surface area contributed by atoms with Crippen LogP contribution in [0.5, 0.6) is 5.75 Å². The molecule has 0 heterocycles. The van der Waals surface area contributed by atoms with E-state index in [1.54, 1.807) is 20.8 Å². The summed E-state index contributed by atoms with van der Waals surface area (Å²) in [7, 11) is 0. The summed E-state index contributed by atoms with van der Waals surface area (Å²) in [5.74, 6) is -2.97. The van der Waals surface area contributed by atoms with Gasteiger partial charge in [0.05, 0.1) is 4.92 Å². The molecule has 1 aromatic carbocycles. The molecule has 0 saturated carbocycles.